The number of nitrogens with one attached hydrogen (secondary N) is 1. The Balaban J connectivity index is 2.48. The minimum absolute atomic E-state index is 0.287. The summed E-state index contributed by atoms with van der Waals surface area (Å²) in [6.45, 7) is 1.75. The third-order valence-corrected chi connectivity index (χ3v) is 1.07. The Morgan fingerprint density at radius 3 is 3.11 bits per heavy atom. The van der Waals surface area contributed by atoms with E-state index in [1.807, 2.05) is 6.07 Å². The van der Waals surface area contributed by atoms with Crippen LogP contribution in [0.4, 0.5) is 0 Å². The fourth-order valence-electron chi connectivity index (χ4n) is 0.717. The van der Waals surface area contributed by atoms with Crippen LogP contribution in [0.2, 0.25) is 0 Å². The van der Waals surface area contributed by atoms with Crippen LogP contribution in [-0.2, 0) is 6.42 Å². The summed E-state index contributed by atoms with van der Waals surface area (Å²) in [5, 5.41) is 15.4. The molecule has 0 unspecified atom stereocenters. The van der Waals surface area contributed by atoms with E-state index in [1.165, 1.54) is 0 Å². The maximum absolute atomic E-state index is 8.88. The van der Waals surface area contributed by atoms with Gasteiger partial charge in [0.2, 0.25) is 0 Å². The van der Waals surface area contributed by atoms with Crippen molar-refractivity contribution in [2.45, 2.75) is 19.4 Å². The van der Waals surface area contributed by atoms with E-state index in [4.69, 9.17) is 5.11 Å². The monoisotopic (exact) mass is 126 g/mol. The van der Waals surface area contributed by atoms with Gasteiger partial charge in [-0.15, -0.1) is 0 Å². The van der Waals surface area contributed by atoms with Gasteiger partial charge in [-0.2, -0.15) is 5.10 Å². The second-order valence-electron chi connectivity index (χ2n) is 2.14. The summed E-state index contributed by atoms with van der Waals surface area (Å²) in [5.41, 5.74) is 0.977. The number of hydrogen-bond acceptors (Lipinski definition) is 2. The summed E-state index contributed by atoms with van der Waals surface area (Å²) in [6.07, 6.45) is 2.04. The highest BCUT2D eigenvalue weighted by Crippen LogP contribution is 1.95. The number of aromatic amines is 1. The molecule has 0 fully saturated rings. The Morgan fingerprint density at radius 2 is 2.67 bits per heavy atom. The van der Waals surface area contributed by atoms with E-state index in [0.717, 1.165) is 5.69 Å². The highest BCUT2D eigenvalue weighted by atomic mass is 16.3. The van der Waals surface area contributed by atoms with E-state index in [1.54, 1.807) is 13.1 Å². The van der Waals surface area contributed by atoms with Gasteiger partial charge in [0.05, 0.1) is 6.10 Å². The molecular formula is C6H10N2O. The van der Waals surface area contributed by atoms with Crippen LogP contribution in [0.25, 0.3) is 0 Å². The van der Waals surface area contributed by atoms with Crippen LogP contribution < -0.4 is 0 Å². The molecular weight excluding hydrogens is 116 g/mol. The van der Waals surface area contributed by atoms with E-state index in [0.29, 0.717) is 6.42 Å². The molecule has 1 atom stereocenters. The van der Waals surface area contributed by atoms with Crippen LogP contribution in [0.15, 0.2) is 12.3 Å². The summed E-state index contributed by atoms with van der Waals surface area (Å²) in [4.78, 5) is 0. The molecule has 1 aromatic heterocycles. The molecule has 3 heteroatoms. The maximum atomic E-state index is 8.88. The predicted octanol–water partition coefficient (Wildman–Crippen LogP) is 0.333. The van der Waals surface area contributed by atoms with E-state index in [-0.39, 0.29) is 6.10 Å². The molecule has 1 heterocycles. The third kappa shape index (κ3) is 1.85. The number of aliphatic hydroxyl groups is 1. The molecule has 0 saturated heterocycles. The average Bonchev–Trinajstić information content (AvgIpc) is 2.15. The largest absolute Gasteiger partial charge is 0.393 e. The highest BCUT2D eigenvalue weighted by Gasteiger charge is 1.97. The number of H-pyrrole nitrogens is 1. The van der Waals surface area contributed by atoms with Crippen molar-refractivity contribution in [1.82, 2.24) is 10.2 Å². The molecule has 2 N–H and O–H groups in total. The lowest BCUT2D eigenvalue weighted by molar-refractivity contribution is 0.194. The van der Waals surface area contributed by atoms with Crippen molar-refractivity contribution in [3.05, 3.63) is 18.0 Å². The van der Waals surface area contributed by atoms with Crippen molar-refractivity contribution in [1.29, 1.82) is 0 Å². The van der Waals surface area contributed by atoms with Crippen LogP contribution >= 0.6 is 0 Å². The van der Waals surface area contributed by atoms with Gasteiger partial charge in [0.15, 0.2) is 0 Å². The molecule has 1 rings (SSSR count). The second-order valence-corrected chi connectivity index (χ2v) is 2.14. The zero-order chi connectivity index (χ0) is 6.69. The van der Waals surface area contributed by atoms with Crippen molar-refractivity contribution in [3.8, 4) is 0 Å². The summed E-state index contributed by atoms with van der Waals surface area (Å²) >= 11 is 0. The van der Waals surface area contributed by atoms with E-state index < -0.39 is 0 Å². The first-order valence-corrected chi connectivity index (χ1v) is 2.95. The van der Waals surface area contributed by atoms with Crippen LogP contribution in [0.1, 0.15) is 12.6 Å². The van der Waals surface area contributed by atoms with Gasteiger partial charge in [-0.1, -0.05) is 0 Å². The minimum Gasteiger partial charge on any atom is -0.393 e. The quantitative estimate of drug-likeness (QED) is 0.600. The molecule has 0 radical (unpaired) electrons. The van der Waals surface area contributed by atoms with Gasteiger partial charge < -0.3 is 5.11 Å². The smallest absolute Gasteiger partial charge is 0.0567 e. The molecule has 0 aliphatic carbocycles. The zero-order valence-electron chi connectivity index (χ0n) is 5.33. The van der Waals surface area contributed by atoms with Gasteiger partial charge in [0.25, 0.3) is 0 Å². The molecule has 0 bridgehead atoms. The van der Waals surface area contributed by atoms with Gasteiger partial charge in [-0.05, 0) is 13.0 Å². The summed E-state index contributed by atoms with van der Waals surface area (Å²) in [7, 11) is 0. The average molecular weight is 126 g/mol. The van der Waals surface area contributed by atoms with E-state index in [9.17, 15) is 0 Å². The maximum Gasteiger partial charge on any atom is 0.0567 e. The number of nitrogens with zero attached hydrogens (tertiary/aromatic N) is 1. The number of aromatic nitrogens is 2. The van der Waals surface area contributed by atoms with Gasteiger partial charge in [0, 0.05) is 18.3 Å². The molecule has 50 valence electrons. The minimum atomic E-state index is -0.287. The highest BCUT2D eigenvalue weighted by molar-refractivity contribution is 4.98. The fourth-order valence-corrected chi connectivity index (χ4v) is 0.717. The standard InChI is InChI=1S/C6H10N2O/c1-5(9)4-6-2-3-7-8-6/h2-3,5,9H,4H2,1H3,(H,7,8)/t5-/m1/s1. The molecule has 0 aliphatic heterocycles. The normalized spacial score (nSPS) is 13.6. The lowest BCUT2D eigenvalue weighted by atomic mass is 10.2. The zero-order valence-corrected chi connectivity index (χ0v) is 5.33. The van der Waals surface area contributed by atoms with Gasteiger partial charge in [0.1, 0.15) is 0 Å². The topological polar surface area (TPSA) is 48.9 Å². The first kappa shape index (κ1) is 6.29. The number of aliphatic hydroxyl groups excluding tert-OH is 1. The predicted molar refractivity (Wildman–Crippen MR) is 34.0 cm³/mol. The summed E-state index contributed by atoms with van der Waals surface area (Å²) < 4.78 is 0. The van der Waals surface area contributed by atoms with Crippen LogP contribution in [-0.4, -0.2) is 21.4 Å². The molecule has 9 heavy (non-hydrogen) atoms. The van der Waals surface area contributed by atoms with Crippen molar-refractivity contribution >= 4 is 0 Å². The lowest BCUT2D eigenvalue weighted by Crippen LogP contribution is -2.04. The van der Waals surface area contributed by atoms with E-state index >= 15 is 0 Å². The van der Waals surface area contributed by atoms with Crippen molar-refractivity contribution < 1.29 is 5.11 Å². The Bertz CT molecular complexity index is 158. The van der Waals surface area contributed by atoms with Crippen molar-refractivity contribution in [3.63, 3.8) is 0 Å². The number of hydrogen-bond donors (Lipinski definition) is 2. The molecule has 0 spiro atoms. The molecule has 1 aromatic rings. The fraction of sp³-hybridized carbons (Fsp3) is 0.500. The Hall–Kier alpha value is -0.830. The first-order chi connectivity index (χ1) is 4.29. The third-order valence-electron chi connectivity index (χ3n) is 1.07. The molecule has 3 nitrogen and oxygen atoms in total. The SMILES string of the molecule is C[C@@H](O)Cc1ccn[nH]1. The Kier molecular flexibility index (Phi) is 1.85. The molecule has 0 aromatic carbocycles. The van der Waals surface area contributed by atoms with Crippen LogP contribution in [0.5, 0.6) is 0 Å². The lowest BCUT2D eigenvalue weighted by Gasteiger charge is -1.98. The molecule has 0 aliphatic rings. The van der Waals surface area contributed by atoms with Crippen molar-refractivity contribution in [2.24, 2.45) is 0 Å². The first-order valence-electron chi connectivity index (χ1n) is 2.95. The van der Waals surface area contributed by atoms with Crippen LogP contribution in [0, 0.1) is 0 Å². The van der Waals surface area contributed by atoms with Gasteiger partial charge in [-0.3, -0.25) is 5.10 Å². The van der Waals surface area contributed by atoms with Gasteiger partial charge >= 0.3 is 0 Å². The van der Waals surface area contributed by atoms with Crippen LogP contribution in [0.3, 0.4) is 0 Å². The second kappa shape index (κ2) is 2.64. The van der Waals surface area contributed by atoms with E-state index in [2.05, 4.69) is 10.2 Å². The number of rotatable bonds is 2. The summed E-state index contributed by atoms with van der Waals surface area (Å²) in [5.74, 6) is 0. The van der Waals surface area contributed by atoms with Crippen molar-refractivity contribution in [2.75, 3.05) is 0 Å². The molecule has 0 saturated carbocycles. The Labute approximate surface area is 53.7 Å². The van der Waals surface area contributed by atoms with Gasteiger partial charge in [-0.25, -0.2) is 0 Å². The molecule has 0 amide bonds. The Morgan fingerprint density at radius 1 is 1.89 bits per heavy atom. The summed E-state index contributed by atoms with van der Waals surface area (Å²) in [6, 6.07) is 1.85.